The summed E-state index contributed by atoms with van der Waals surface area (Å²) in [5.74, 6) is -2.82. The van der Waals surface area contributed by atoms with Gasteiger partial charge in [0.05, 0.1) is 5.56 Å². The molecule has 32 heavy (non-hydrogen) atoms. The maximum Gasteiger partial charge on any atom is 0.333 e. The van der Waals surface area contributed by atoms with Crippen molar-refractivity contribution in [2.24, 2.45) is 0 Å². The SMILES string of the molecule is C=C(C)C(=O)OCc1cc(-c2c(F)cc(-c3ccccc3F)cc2F)ccc1CCCO. The lowest BCUT2D eigenvalue weighted by Crippen LogP contribution is -2.07. The first-order valence-electron chi connectivity index (χ1n) is 10.1. The molecular weight excluding hydrogens is 417 g/mol. The van der Waals surface area contributed by atoms with E-state index in [1.807, 2.05) is 0 Å². The van der Waals surface area contributed by atoms with Gasteiger partial charge in [-0.1, -0.05) is 36.9 Å². The van der Waals surface area contributed by atoms with Gasteiger partial charge in [-0.3, -0.25) is 0 Å². The van der Waals surface area contributed by atoms with Crippen molar-refractivity contribution in [1.82, 2.24) is 0 Å². The fourth-order valence-electron chi connectivity index (χ4n) is 3.40. The maximum absolute atomic E-state index is 15.0. The van der Waals surface area contributed by atoms with Crippen LogP contribution < -0.4 is 0 Å². The van der Waals surface area contributed by atoms with Crippen molar-refractivity contribution in [3.05, 3.63) is 95.3 Å². The van der Waals surface area contributed by atoms with Gasteiger partial charge in [-0.15, -0.1) is 0 Å². The summed E-state index contributed by atoms with van der Waals surface area (Å²) < 4.78 is 49.2. The first-order chi connectivity index (χ1) is 15.3. The Hall–Kier alpha value is -3.38. The summed E-state index contributed by atoms with van der Waals surface area (Å²) in [7, 11) is 0. The van der Waals surface area contributed by atoms with Crippen molar-refractivity contribution >= 4 is 5.97 Å². The molecule has 3 rings (SSSR count). The Morgan fingerprint density at radius 1 is 0.938 bits per heavy atom. The van der Waals surface area contributed by atoms with Crippen molar-refractivity contribution in [1.29, 1.82) is 0 Å². The van der Waals surface area contributed by atoms with Gasteiger partial charge in [0.2, 0.25) is 0 Å². The maximum atomic E-state index is 15.0. The Morgan fingerprint density at radius 2 is 1.62 bits per heavy atom. The highest BCUT2D eigenvalue weighted by atomic mass is 19.1. The van der Waals surface area contributed by atoms with Crippen molar-refractivity contribution in [2.75, 3.05) is 6.61 Å². The number of hydrogen-bond acceptors (Lipinski definition) is 3. The average Bonchev–Trinajstić information content (AvgIpc) is 2.76. The molecule has 0 saturated carbocycles. The van der Waals surface area contributed by atoms with Gasteiger partial charge in [0.15, 0.2) is 0 Å². The standard InChI is InChI=1S/C26H23F3O3/c1-16(2)26(31)32-15-20-12-18(10-9-17(20)6-5-11-30)25-23(28)13-19(14-24(25)29)21-7-3-4-8-22(21)27/h3-4,7-10,12-14,30H,1,5-6,11,15H2,2H3. The van der Waals surface area contributed by atoms with E-state index in [-0.39, 0.29) is 41.0 Å². The molecule has 0 amide bonds. The second kappa shape index (κ2) is 10.3. The molecule has 1 N–H and O–H groups in total. The molecular formula is C26H23F3O3. The van der Waals surface area contributed by atoms with Crippen LogP contribution in [0.3, 0.4) is 0 Å². The van der Waals surface area contributed by atoms with E-state index in [2.05, 4.69) is 6.58 Å². The Morgan fingerprint density at radius 3 is 2.25 bits per heavy atom. The van der Waals surface area contributed by atoms with Gasteiger partial charge in [0.25, 0.3) is 0 Å². The number of benzene rings is 3. The van der Waals surface area contributed by atoms with E-state index >= 15 is 0 Å². The zero-order valence-corrected chi connectivity index (χ0v) is 17.6. The molecule has 0 aliphatic carbocycles. The summed E-state index contributed by atoms with van der Waals surface area (Å²) in [5.41, 5.74) is 1.80. The lowest BCUT2D eigenvalue weighted by Gasteiger charge is -2.14. The van der Waals surface area contributed by atoms with Crippen LogP contribution in [-0.4, -0.2) is 17.7 Å². The second-order valence-electron chi connectivity index (χ2n) is 7.46. The molecule has 0 spiro atoms. The summed E-state index contributed by atoms with van der Waals surface area (Å²) in [4.78, 5) is 11.8. The second-order valence-corrected chi connectivity index (χ2v) is 7.46. The molecule has 166 valence electrons. The molecule has 0 aromatic heterocycles. The van der Waals surface area contributed by atoms with Crippen LogP contribution in [0.5, 0.6) is 0 Å². The monoisotopic (exact) mass is 440 g/mol. The largest absolute Gasteiger partial charge is 0.457 e. The molecule has 0 unspecified atom stereocenters. The number of carbonyl (C=O) groups is 1. The first-order valence-corrected chi connectivity index (χ1v) is 10.1. The number of halogens is 3. The van der Waals surface area contributed by atoms with Crippen LogP contribution in [0.15, 0.2) is 66.7 Å². The fraction of sp³-hybridized carbons (Fsp3) is 0.192. The Balaban J connectivity index is 2.01. The number of carbonyl (C=O) groups excluding carboxylic acids is 1. The van der Waals surface area contributed by atoms with Gasteiger partial charge in [0.1, 0.15) is 24.1 Å². The van der Waals surface area contributed by atoms with Crippen LogP contribution in [0, 0.1) is 17.5 Å². The van der Waals surface area contributed by atoms with Crippen molar-refractivity contribution in [2.45, 2.75) is 26.4 Å². The third-order valence-electron chi connectivity index (χ3n) is 5.03. The molecule has 0 radical (unpaired) electrons. The number of esters is 1. The van der Waals surface area contributed by atoms with Crippen LogP contribution in [-0.2, 0) is 22.6 Å². The molecule has 0 fully saturated rings. The van der Waals surface area contributed by atoms with Crippen LogP contribution >= 0.6 is 0 Å². The van der Waals surface area contributed by atoms with E-state index in [1.165, 1.54) is 25.1 Å². The number of aliphatic hydroxyl groups excluding tert-OH is 1. The molecule has 0 atom stereocenters. The Kier molecular flexibility index (Phi) is 7.49. The summed E-state index contributed by atoms with van der Waals surface area (Å²) in [6.45, 7) is 4.93. The highest BCUT2D eigenvalue weighted by Gasteiger charge is 2.17. The van der Waals surface area contributed by atoms with Crippen LogP contribution in [0.2, 0.25) is 0 Å². The lowest BCUT2D eigenvalue weighted by molar-refractivity contribution is -0.140. The molecule has 6 heteroatoms. The predicted octanol–water partition coefficient (Wildman–Crippen LogP) is 5.98. The molecule has 0 bridgehead atoms. The zero-order chi connectivity index (χ0) is 23.3. The van der Waals surface area contributed by atoms with Crippen LogP contribution in [0.25, 0.3) is 22.3 Å². The summed E-state index contributed by atoms with van der Waals surface area (Å²) in [5, 5.41) is 9.13. The van der Waals surface area contributed by atoms with Gasteiger partial charge in [-0.05, 0) is 66.3 Å². The molecule has 0 aliphatic heterocycles. The van der Waals surface area contributed by atoms with Gasteiger partial charge in [0, 0.05) is 17.7 Å². The zero-order valence-electron chi connectivity index (χ0n) is 17.6. The summed E-state index contributed by atoms with van der Waals surface area (Å²) in [6.07, 6.45) is 0.995. The number of rotatable bonds is 8. The molecule has 0 saturated heterocycles. The van der Waals surface area contributed by atoms with Crippen molar-refractivity contribution in [3.8, 4) is 22.3 Å². The van der Waals surface area contributed by atoms with Gasteiger partial charge in [-0.25, -0.2) is 18.0 Å². The topological polar surface area (TPSA) is 46.5 Å². The highest BCUT2D eigenvalue weighted by molar-refractivity contribution is 5.87. The number of aliphatic hydroxyl groups is 1. The molecule has 0 heterocycles. The van der Waals surface area contributed by atoms with E-state index in [0.29, 0.717) is 18.4 Å². The number of ether oxygens (including phenoxy) is 1. The van der Waals surface area contributed by atoms with Gasteiger partial charge in [-0.2, -0.15) is 0 Å². The van der Waals surface area contributed by atoms with E-state index in [9.17, 15) is 18.0 Å². The van der Waals surface area contributed by atoms with Gasteiger partial charge < -0.3 is 9.84 Å². The third-order valence-corrected chi connectivity index (χ3v) is 5.03. The normalized spacial score (nSPS) is 10.8. The van der Waals surface area contributed by atoms with E-state index in [1.54, 1.807) is 24.3 Å². The van der Waals surface area contributed by atoms with E-state index < -0.39 is 23.4 Å². The Labute approximate surface area is 184 Å². The van der Waals surface area contributed by atoms with Crippen molar-refractivity contribution in [3.63, 3.8) is 0 Å². The molecule has 0 aliphatic rings. The fourth-order valence-corrected chi connectivity index (χ4v) is 3.40. The van der Waals surface area contributed by atoms with Crippen molar-refractivity contribution < 1.29 is 27.8 Å². The highest BCUT2D eigenvalue weighted by Crippen LogP contribution is 2.33. The smallest absolute Gasteiger partial charge is 0.333 e. The third kappa shape index (κ3) is 5.26. The van der Waals surface area contributed by atoms with Crippen LogP contribution in [0.4, 0.5) is 13.2 Å². The first kappa shape index (κ1) is 23.3. The summed E-state index contributed by atoms with van der Waals surface area (Å²) >= 11 is 0. The van der Waals surface area contributed by atoms with Crippen LogP contribution in [0.1, 0.15) is 24.5 Å². The molecule has 3 aromatic rings. The van der Waals surface area contributed by atoms with E-state index in [4.69, 9.17) is 9.84 Å². The number of aryl methyl sites for hydroxylation is 1. The van der Waals surface area contributed by atoms with E-state index in [0.717, 1.165) is 17.7 Å². The average molecular weight is 440 g/mol. The minimum absolute atomic E-state index is 0.0203. The quantitative estimate of drug-likeness (QED) is 0.346. The Bertz CT molecular complexity index is 1130. The molecule has 3 nitrogen and oxygen atoms in total. The lowest BCUT2D eigenvalue weighted by atomic mass is 9.94. The minimum Gasteiger partial charge on any atom is -0.457 e. The number of hydrogen-bond donors (Lipinski definition) is 1. The van der Waals surface area contributed by atoms with Gasteiger partial charge >= 0.3 is 5.97 Å². The minimum atomic E-state index is -0.837. The molecule has 3 aromatic carbocycles. The summed E-state index contributed by atoms with van der Waals surface area (Å²) in [6, 6.07) is 12.8. The predicted molar refractivity (Wildman–Crippen MR) is 117 cm³/mol.